The maximum Gasteiger partial charge on any atom is 0.485 e. The third kappa shape index (κ3) is 14.9. The molecule has 0 unspecified atom stereocenters. The first kappa shape index (κ1) is 55.2. The van der Waals surface area contributed by atoms with Gasteiger partial charge in [0, 0.05) is 0 Å². The number of benzene rings is 4. The Morgan fingerprint density at radius 2 is 0.656 bits per heavy atom. The van der Waals surface area contributed by atoms with Gasteiger partial charge in [-0.1, -0.05) is 75.5 Å². The molecule has 0 aromatic heterocycles. The van der Waals surface area contributed by atoms with Crippen LogP contribution >= 0.6 is 23.5 Å². The third-order valence-electron chi connectivity index (χ3n) is 8.22. The molecule has 0 saturated carbocycles. The van der Waals surface area contributed by atoms with E-state index in [4.69, 9.17) is 44.9 Å². The van der Waals surface area contributed by atoms with Gasteiger partial charge in [-0.05, 0) is 88.1 Å². The van der Waals surface area contributed by atoms with E-state index in [1.165, 1.54) is 19.6 Å². The minimum absolute atomic E-state index is 0.283. The van der Waals surface area contributed by atoms with Crippen molar-refractivity contribution < 1.29 is 71.2 Å². The van der Waals surface area contributed by atoms with Gasteiger partial charge in [0.15, 0.2) is 43.2 Å². The summed E-state index contributed by atoms with van der Waals surface area (Å²) < 4.78 is 145. The van der Waals surface area contributed by atoms with Crippen LogP contribution in [0.5, 0.6) is 23.0 Å². The van der Waals surface area contributed by atoms with Crippen molar-refractivity contribution in [3.63, 3.8) is 0 Å². The van der Waals surface area contributed by atoms with Crippen molar-refractivity contribution in [3.05, 3.63) is 72.8 Å². The van der Waals surface area contributed by atoms with Crippen LogP contribution in [-0.4, -0.2) is 74.9 Å². The highest BCUT2D eigenvalue weighted by molar-refractivity contribution is 8.00. The van der Waals surface area contributed by atoms with Gasteiger partial charge in [-0.2, -0.15) is 26.3 Å². The van der Waals surface area contributed by atoms with Crippen LogP contribution in [0.15, 0.2) is 112 Å². The van der Waals surface area contributed by atoms with Crippen molar-refractivity contribution in [2.45, 2.75) is 117 Å². The number of alkyl halides is 6. The van der Waals surface area contributed by atoms with Crippen molar-refractivity contribution in [2.24, 2.45) is 0 Å². The molecule has 0 aliphatic carbocycles. The van der Waals surface area contributed by atoms with Crippen LogP contribution in [0.1, 0.15) is 67.2 Å². The molecular weight excluding hydrogens is 971 g/mol. The van der Waals surface area contributed by atoms with Crippen molar-refractivity contribution in [2.75, 3.05) is 37.9 Å². The number of para-hydroxylation sites is 4. The standard InChI is InChI=1S/C40H50O4S4.2CHF3O3S/c1-7-25-41-37-29-17-13-21-33(37)47(11-5)34-22-15-19-31(39(34)43-27-9-3)46-32-20-16-24-36(40(32)44-28-10-4)48(12-6)35-23-14-18-30(45-29)38(35)42-26-8-2;2*2-1(3,4)8(5,6)7/h13-24H,7-12,25-28H2,1-6H3;2*(H,5,6,7)/q+2;;/p-2. The Hall–Kier alpha value is -3.12. The molecule has 0 saturated heterocycles. The molecule has 1 heterocycles. The molecule has 0 amide bonds. The predicted molar refractivity (Wildman–Crippen MR) is 238 cm³/mol. The molecule has 8 bridgehead atoms. The Morgan fingerprint density at radius 3 is 0.812 bits per heavy atom. The highest BCUT2D eigenvalue weighted by Crippen LogP contribution is 2.51. The maximum atomic E-state index is 10.7. The summed E-state index contributed by atoms with van der Waals surface area (Å²) in [6.07, 6.45) is 3.76. The third-order valence-corrected chi connectivity index (χ3v) is 16.1. The van der Waals surface area contributed by atoms with E-state index in [1.807, 2.05) is 0 Å². The van der Waals surface area contributed by atoms with E-state index in [1.54, 1.807) is 23.5 Å². The zero-order valence-corrected chi connectivity index (χ0v) is 40.7. The number of fused-ring (bicyclic) bond motifs is 8. The first-order valence-corrected chi connectivity index (χ1v) is 27.2. The van der Waals surface area contributed by atoms with Gasteiger partial charge in [-0.15, -0.1) is 0 Å². The number of ether oxygens (including phenoxy) is 4. The summed E-state index contributed by atoms with van der Waals surface area (Å²) in [6, 6.07) is 26.6. The van der Waals surface area contributed by atoms with Gasteiger partial charge in [0.1, 0.15) is 11.5 Å². The lowest BCUT2D eigenvalue weighted by Crippen LogP contribution is -2.21. The summed E-state index contributed by atoms with van der Waals surface area (Å²) in [5.74, 6) is 5.78. The van der Waals surface area contributed by atoms with Gasteiger partial charge in [0.25, 0.3) is 0 Å². The first-order valence-electron chi connectivity index (χ1n) is 19.9. The van der Waals surface area contributed by atoms with E-state index in [2.05, 4.69) is 114 Å². The van der Waals surface area contributed by atoms with Gasteiger partial charge in [-0.25, -0.2) is 16.8 Å². The minimum Gasteiger partial charge on any atom is -0.741 e. The van der Waals surface area contributed by atoms with Crippen LogP contribution in [-0.2, 0) is 42.0 Å². The highest BCUT2D eigenvalue weighted by Gasteiger charge is 2.39. The molecule has 4 aromatic rings. The lowest BCUT2D eigenvalue weighted by Gasteiger charge is -2.21. The van der Waals surface area contributed by atoms with E-state index in [0.717, 1.165) is 79.8 Å². The molecule has 10 nitrogen and oxygen atoms in total. The quantitative estimate of drug-likeness (QED) is 0.0512. The molecule has 22 heteroatoms. The maximum absolute atomic E-state index is 10.7. The SMILES string of the molecule is CCCOc1c2cccc1[S+](CC)c1cccc(c1OCCC)Sc1cccc(c1OCCC)[S+](CC)c1cccc(c1OCCC)S2.O=S(=O)([O-])C(F)(F)F.O=S(=O)([O-])C(F)(F)F. The zero-order chi connectivity index (χ0) is 47.9. The van der Waals surface area contributed by atoms with E-state index in [-0.39, 0.29) is 21.8 Å². The molecule has 0 spiro atoms. The van der Waals surface area contributed by atoms with Crippen molar-refractivity contribution in [1.82, 2.24) is 0 Å². The molecular formula is C42H50F6O10S6. The van der Waals surface area contributed by atoms with Crippen LogP contribution in [0.3, 0.4) is 0 Å². The lowest BCUT2D eigenvalue weighted by atomic mass is 10.3. The summed E-state index contributed by atoms with van der Waals surface area (Å²) in [7, 11) is -12.7. The normalized spacial score (nSPS) is 15.2. The van der Waals surface area contributed by atoms with E-state index < -0.39 is 31.3 Å². The van der Waals surface area contributed by atoms with Gasteiger partial charge in [0.05, 0.1) is 67.8 Å². The van der Waals surface area contributed by atoms with Crippen LogP contribution < -0.4 is 18.9 Å². The molecule has 1 aliphatic rings. The monoisotopic (exact) mass is 1020 g/mol. The van der Waals surface area contributed by atoms with Gasteiger partial charge >= 0.3 is 11.0 Å². The molecule has 4 aromatic carbocycles. The number of rotatable bonds is 14. The molecule has 0 N–H and O–H groups in total. The smallest absolute Gasteiger partial charge is 0.485 e. The fraction of sp³-hybridized carbons (Fsp3) is 0.429. The lowest BCUT2D eigenvalue weighted by molar-refractivity contribution is -0.0522. The fourth-order valence-electron chi connectivity index (χ4n) is 5.56. The van der Waals surface area contributed by atoms with Gasteiger partial charge < -0.3 is 28.1 Å². The summed E-state index contributed by atoms with van der Waals surface area (Å²) in [4.78, 5) is 9.35. The van der Waals surface area contributed by atoms with Gasteiger partial charge in [-0.3, -0.25) is 0 Å². The average Bonchev–Trinajstić information content (AvgIpc) is 3.22. The molecule has 0 atom stereocenters. The van der Waals surface area contributed by atoms with Crippen LogP contribution in [0.2, 0.25) is 0 Å². The van der Waals surface area contributed by atoms with E-state index >= 15 is 0 Å². The first-order chi connectivity index (χ1) is 30.1. The summed E-state index contributed by atoms with van der Waals surface area (Å²) in [6.45, 7) is 15.9. The minimum atomic E-state index is -6.09. The van der Waals surface area contributed by atoms with Crippen molar-refractivity contribution >= 4 is 65.5 Å². The molecule has 0 radical (unpaired) electrons. The molecule has 1 aliphatic heterocycles. The summed E-state index contributed by atoms with van der Waals surface area (Å²) in [5, 5.41) is 0. The Morgan fingerprint density at radius 1 is 0.453 bits per heavy atom. The largest absolute Gasteiger partial charge is 0.741 e. The molecule has 64 heavy (non-hydrogen) atoms. The number of halogens is 6. The van der Waals surface area contributed by atoms with Crippen LogP contribution in [0.25, 0.3) is 0 Å². The van der Waals surface area contributed by atoms with Crippen LogP contribution in [0.4, 0.5) is 26.3 Å². The van der Waals surface area contributed by atoms with Gasteiger partial charge in [0.2, 0.25) is 19.6 Å². The number of hydrogen-bond donors (Lipinski definition) is 0. The number of hydrogen-bond acceptors (Lipinski definition) is 12. The van der Waals surface area contributed by atoms with E-state index in [9.17, 15) is 26.3 Å². The fourth-order valence-corrected chi connectivity index (χ4v) is 12.2. The van der Waals surface area contributed by atoms with Crippen molar-refractivity contribution in [3.8, 4) is 23.0 Å². The summed E-state index contributed by atoms with van der Waals surface area (Å²) >= 11 is 3.52. The van der Waals surface area contributed by atoms with Crippen molar-refractivity contribution in [1.29, 1.82) is 0 Å². The summed E-state index contributed by atoms with van der Waals surface area (Å²) in [5.41, 5.74) is -11.3. The highest BCUT2D eigenvalue weighted by atomic mass is 32.2. The Bertz CT molecular complexity index is 2070. The zero-order valence-electron chi connectivity index (χ0n) is 35.8. The molecule has 5 rings (SSSR count). The molecule has 0 fully saturated rings. The Balaban J connectivity index is 0.000000577. The Kier molecular flexibility index (Phi) is 21.7. The average molecular weight is 1020 g/mol. The van der Waals surface area contributed by atoms with Crippen LogP contribution in [0, 0.1) is 0 Å². The second kappa shape index (κ2) is 25.1. The Labute approximate surface area is 385 Å². The molecule has 356 valence electrons. The predicted octanol–water partition coefficient (Wildman–Crippen LogP) is 11.7. The topological polar surface area (TPSA) is 151 Å². The second-order valence-corrected chi connectivity index (χ2v) is 22.5. The van der Waals surface area contributed by atoms with E-state index in [0.29, 0.717) is 26.4 Å². The second-order valence-electron chi connectivity index (χ2n) is 13.1.